The number of benzene rings is 2. The predicted molar refractivity (Wildman–Crippen MR) is 118 cm³/mol. The van der Waals surface area contributed by atoms with Crippen molar-refractivity contribution in [1.82, 2.24) is 5.32 Å². The minimum atomic E-state index is -0.832. The molecule has 2 amide bonds. The molecule has 2 aromatic rings. The Kier molecular flexibility index (Phi) is 7.61. The monoisotopic (exact) mass is 460 g/mol. The van der Waals surface area contributed by atoms with Crippen LogP contribution in [-0.2, 0) is 14.3 Å². The Bertz CT molecular complexity index is 1020. The molecule has 32 heavy (non-hydrogen) atoms. The van der Waals surface area contributed by atoms with Gasteiger partial charge in [-0.2, -0.15) is 0 Å². The van der Waals surface area contributed by atoms with E-state index in [2.05, 4.69) is 15.5 Å². The summed E-state index contributed by atoms with van der Waals surface area (Å²) in [5.41, 5.74) is 1.20. The highest BCUT2D eigenvalue weighted by atomic mass is 35.5. The first-order chi connectivity index (χ1) is 15.3. The van der Waals surface area contributed by atoms with Gasteiger partial charge in [0.25, 0.3) is 17.5 Å². The zero-order chi connectivity index (χ0) is 23.1. The fourth-order valence-electron chi connectivity index (χ4n) is 3.17. The number of ether oxygens (including phenoxy) is 1. The maximum Gasteiger partial charge on any atom is 0.325 e. The number of nitrogens with one attached hydrogen (secondary N) is 2. The summed E-state index contributed by atoms with van der Waals surface area (Å²) < 4.78 is 4.85. The maximum atomic E-state index is 12.1. The predicted octanol–water partition coefficient (Wildman–Crippen LogP) is 2.76. The van der Waals surface area contributed by atoms with Crippen LogP contribution in [0.2, 0.25) is 5.02 Å². The molecule has 1 aliphatic rings. The van der Waals surface area contributed by atoms with Crippen LogP contribution in [0.1, 0.15) is 23.2 Å². The van der Waals surface area contributed by atoms with Crippen molar-refractivity contribution in [2.24, 2.45) is 0 Å². The van der Waals surface area contributed by atoms with E-state index in [1.165, 1.54) is 25.0 Å². The number of nitro groups is 1. The molecule has 0 unspecified atom stereocenters. The molecule has 168 valence electrons. The Morgan fingerprint density at radius 1 is 1.09 bits per heavy atom. The highest BCUT2D eigenvalue weighted by molar-refractivity contribution is 6.32. The van der Waals surface area contributed by atoms with Gasteiger partial charge in [-0.1, -0.05) is 11.6 Å². The van der Waals surface area contributed by atoms with Crippen molar-refractivity contribution < 1.29 is 24.0 Å². The average molecular weight is 461 g/mol. The van der Waals surface area contributed by atoms with Gasteiger partial charge in [-0.25, -0.2) is 0 Å². The van der Waals surface area contributed by atoms with Crippen molar-refractivity contribution in [2.45, 2.75) is 12.8 Å². The summed E-state index contributed by atoms with van der Waals surface area (Å²) in [7, 11) is 0. The molecule has 11 heteroatoms. The van der Waals surface area contributed by atoms with Crippen LogP contribution in [0, 0.1) is 10.1 Å². The molecule has 2 aromatic carbocycles. The summed E-state index contributed by atoms with van der Waals surface area (Å²) in [4.78, 5) is 48.3. The lowest BCUT2D eigenvalue weighted by Gasteiger charge is -2.17. The third-order valence-electron chi connectivity index (χ3n) is 4.78. The Labute approximate surface area is 188 Å². The van der Waals surface area contributed by atoms with Gasteiger partial charge < -0.3 is 20.3 Å². The first kappa shape index (κ1) is 23.0. The van der Waals surface area contributed by atoms with Gasteiger partial charge >= 0.3 is 5.97 Å². The molecule has 1 aliphatic heterocycles. The number of amides is 2. The number of esters is 1. The first-order valence-electron chi connectivity index (χ1n) is 9.86. The maximum absolute atomic E-state index is 12.1. The molecule has 10 nitrogen and oxygen atoms in total. The summed E-state index contributed by atoms with van der Waals surface area (Å²) >= 11 is 5.70. The second-order valence-electron chi connectivity index (χ2n) is 7.06. The van der Waals surface area contributed by atoms with E-state index in [0.717, 1.165) is 24.8 Å². The molecular weight excluding hydrogens is 440 g/mol. The highest BCUT2D eigenvalue weighted by Crippen LogP contribution is 2.25. The lowest BCUT2D eigenvalue weighted by atomic mass is 10.2. The first-order valence-corrected chi connectivity index (χ1v) is 10.2. The smallest absolute Gasteiger partial charge is 0.325 e. The van der Waals surface area contributed by atoms with Crippen molar-refractivity contribution in [3.05, 3.63) is 63.2 Å². The molecule has 3 rings (SSSR count). The minimum Gasteiger partial charge on any atom is -0.454 e. The molecule has 0 bridgehead atoms. The number of halogens is 1. The van der Waals surface area contributed by atoms with Crippen LogP contribution in [0.15, 0.2) is 42.5 Å². The standard InChI is InChI=1S/C21H21ClN4O6/c22-17-8-3-14(11-18(17)26(30)31)21(29)23-12-20(28)32-13-19(27)24-15-4-6-16(7-5-15)25-9-1-2-10-25/h3-8,11H,1-2,9-10,12-13H2,(H,23,29)(H,24,27). The summed E-state index contributed by atoms with van der Waals surface area (Å²) in [5, 5.41) is 15.7. The van der Waals surface area contributed by atoms with E-state index in [1.54, 1.807) is 12.1 Å². The van der Waals surface area contributed by atoms with E-state index in [-0.39, 0.29) is 10.6 Å². The van der Waals surface area contributed by atoms with Gasteiger partial charge in [0.1, 0.15) is 11.6 Å². The third kappa shape index (κ3) is 6.17. The van der Waals surface area contributed by atoms with E-state index < -0.39 is 41.5 Å². The molecule has 1 saturated heterocycles. The third-order valence-corrected chi connectivity index (χ3v) is 5.10. The second-order valence-corrected chi connectivity index (χ2v) is 7.46. The van der Waals surface area contributed by atoms with E-state index in [9.17, 15) is 24.5 Å². The average Bonchev–Trinajstić information content (AvgIpc) is 3.31. The molecule has 1 heterocycles. The van der Waals surface area contributed by atoms with Crippen molar-refractivity contribution in [3.8, 4) is 0 Å². The summed E-state index contributed by atoms with van der Waals surface area (Å²) in [6.45, 7) is 1.02. The van der Waals surface area contributed by atoms with Crippen molar-refractivity contribution in [1.29, 1.82) is 0 Å². The van der Waals surface area contributed by atoms with E-state index >= 15 is 0 Å². The topological polar surface area (TPSA) is 131 Å². The van der Waals surface area contributed by atoms with E-state index in [0.29, 0.717) is 5.69 Å². The van der Waals surface area contributed by atoms with Crippen molar-refractivity contribution >= 4 is 46.4 Å². The van der Waals surface area contributed by atoms with Crippen LogP contribution < -0.4 is 15.5 Å². The van der Waals surface area contributed by atoms with Gasteiger partial charge in [0, 0.05) is 36.1 Å². The van der Waals surface area contributed by atoms with Gasteiger partial charge in [-0.05, 0) is 49.2 Å². The summed E-state index contributed by atoms with van der Waals surface area (Å²) in [6, 6.07) is 10.9. The lowest BCUT2D eigenvalue weighted by Crippen LogP contribution is -2.32. The minimum absolute atomic E-state index is 0.0379. The molecule has 2 N–H and O–H groups in total. The fourth-order valence-corrected chi connectivity index (χ4v) is 3.36. The molecule has 0 aliphatic carbocycles. The number of nitrogens with zero attached hydrogens (tertiary/aromatic N) is 2. The van der Waals surface area contributed by atoms with Crippen LogP contribution in [0.25, 0.3) is 0 Å². The number of carbonyl (C=O) groups excluding carboxylic acids is 3. The molecule has 0 saturated carbocycles. The van der Waals surface area contributed by atoms with Gasteiger partial charge in [0.2, 0.25) is 0 Å². The van der Waals surface area contributed by atoms with Gasteiger partial charge in [-0.3, -0.25) is 24.5 Å². The number of hydrogen-bond donors (Lipinski definition) is 2. The molecule has 0 atom stereocenters. The largest absolute Gasteiger partial charge is 0.454 e. The molecular formula is C21H21ClN4O6. The summed E-state index contributed by atoms with van der Waals surface area (Å²) in [5.74, 6) is -2.07. The Morgan fingerprint density at radius 2 is 1.78 bits per heavy atom. The SMILES string of the molecule is O=C(COC(=O)CNC(=O)c1ccc(Cl)c([N+](=O)[O-])c1)Nc1ccc(N2CCCC2)cc1. The van der Waals surface area contributed by atoms with E-state index in [4.69, 9.17) is 16.3 Å². The number of carbonyl (C=O) groups is 3. The molecule has 0 spiro atoms. The number of hydrogen-bond acceptors (Lipinski definition) is 7. The number of nitro benzene ring substituents is 1. The lowest BCUT2D eigenvalue weighted by molar-refractivity contribution is -0.384. The quantitative estimate of drug-likeness (QED) is 0.351. The van der Waals surface area contributed by atoms with Crippen molar-refractivity contribution in [3.63, 3.8) is 0 Å². The van der Waals surface area contributed by atoms with Crippen molar-refractivity contribution in [2.75, 3.05) is 36.5 Å². The van der Waals surface area contributed by atoms with Gasteiger partial charge in [-0.15, -0.1) is 0 Å². The summed E-state index contributed by atoms with van der Waals surface area (Å²) in [6.07, 6.45) is 2.34. The second kappa shape index (κ2) is 10.6. The molecule has 0 radical (unpaired) electrons. The van der Waals surface area contributed by atoms with Crippen LogP contribution in [0.5, 0.6) is 0 Å². The zero-order valence-corrected chi connectivity index (χ0v) is 17.8. The number of anilines is 2. The van der Waals surface area contributed by atoms with Crippen LogP contribution in [0.4, 0.5) is 17.1 Å². The zero-order valence-electron chi connectivity index (χ0n) is 17.0. The number of rotatable bonds is 8. The van der Waals surface area contributed by atoms with Gasteiger partial charge in [0.05, 0.1) is 4.92 Å². The Morgan fingerprint density at radius 3 is 2.44 bits per heavy atom. The highest BCUT2D eigenvalue weighted by Gasteiger charge is 2.17. The van der Waals surface area contributed by atoms with E-state index in [1.807, 2.05) is 12.1 Å². The normalized spacial score (nSPS) is 12.8. The fraction of sp³-hybridized carbons (Fsp3) is 0.286. The van der Waals surface area contributed by atoms with Crippen LogP contribution in [0.3, 0.4) is 0 Å². The van der Waals surface area contributed by atoms with Crippen LogP contribution >= 0.6 is 11.6 Å². The Hall–Kier alpha value is -3.66. The molecule has 1 fully saturated rings. The molecule has 0 aromatic heterocycles. The van der Waals surface area contributed by atoms with Gasteiger partial charge in [0.15, 0.2) is 6.61 Å². The van der Waals surface area contributed by atoms with Crippen LogP contribution in [-0.4, -0.2) is 48.9 Å². The Balaban J connectivity index is 1.41.